The molecule has 2 aliphatic heterocycles. The van der Waals surface area contributed by atoms with Crippen molar-refractivity contribution in [2.45, 2.75) is 44.6 Å². The van der Waals surface area contributed by atoms with Gasteiger partial charge in [-0.25, -0.2) is 0 Å². The Balaban J connectivity index is 1.33. The summed E-state index contributed by atoms with van der Waals surface area (Å²) < 4.78 is 28.4. The average molecular weight is 378 g/mol. The van der Waals surface area contributed by atoms with Gasteiger partial charge in [0.05, 0.1) is 6.04 Å². The van der Waals surface area contributed by atoms with Gasteiger partial charge in [-0.15, -0.1) is 0 Å². The number of nitrogens with zero attached hydrogens (tertiary/aromatic N) is 2. The van der Waals surface area contributed by atoms with Crippen LogP contribution in [0.1, 0.15) is 49.3 Å². The van der Waals surface area contributed by atoms with Crippen LogP contribution < -0.4 is 5.32 Å². The Labute approximate surface area is 155 Å². The minimum atomic E-state index is -3.34. The molecule has 2 saturated heterocycles. The lowest BCUT2D eigenvalue weighted by Gasteiger charge is -2.33. The van der Waals surface area contributed by atoms with Crippen LogP contribution >= 0.6 is 0 Å². The second-order valence-electron chi connectivity index (χ2n) is 7.59. The molecule has 0 spiro atoms. The highest BCUT2D eigenvalue weighted by Crippen LogP contribution is 2.32. The summed E-state index contributed by atoms with van der Waals surface area (Å²) in [5.74, 6) is -0.0160. The highest BCUT2D eigenvalue weighted by molar-refractivity contribution is 7.86. The fraction of sp³-hybridized carbons (Fsp3) is 0.632. The summed E-state index contributed by atoms with van der Waals surface area (Å²) in [6, 6.07) is 8.39. The van der Waals surface area contributed by atoms with Gasteiger partial charge in [-0.2, -0.15) is 17.0 Å². The van der Waals surface area contributed by atoms with E-state index in [1.807, 2.05) is 12.1 Å². The number of piperidine rings is 1. The van der Waals surface area contributed by atoms with Crippen molar-refractivity contribution in [1.82, 2.24) is 13.9 Å². The van der Waals surface area contributed by atoms with E-state index < -0.39 is 10.2 Å². The van der Waals surface area contributed by atoms with Crippen LogP contribution in [0.2, 0.25) is 0 Å². The molecule has 4 rings (SSSR count). The summed E-state index contributed by atoms with van der Waals surface area (Å²) in [5, 5.41) is 3.20. The smallest absolute Gasteiger partial charge is 0.281 e. The Hall–Kier alpha value is -1.44. The molecular weight excluding hydrogens is 350 g/mol. The van der Waals surface area contributed by atoms with Gasteiger partial charge >= 0.3 is 0 Å². The summed E-state index contributed by atoms with van der Waals surface area (Å²) in [5.41, 5.74) is 2.55. The third-order valence-corrected chi connectivity index (χ3v) is 8.03. The van der Waals surface area contributed by atoms with Crippen LogP contribution in [0.4, 0.5) is 0 Å². The Morgan fingerprint density at radius 1 is 0.962 bits per heavy atom. The highest BCUT2D eigenvalue weighted by atomic mass is 32.2. The zero-order chi connectivity index (χ0) is 18.1. The van der Waals surface area contributed by atoms with Gasteiger partial charge in [-0.05, 0) is 49.7 Å². The number of hydrogen-bond acceptors (Lipinski definition) is 3. The van der Waals surface area contributed by atoms with Crippen LogP contribution in [-0.4, -0.2) is 49.1 Å². The van der Waals surface area contributed by atoms with Gasteiger partial charge in [0.15, 0.2) is 0 Å². The molecule has 0 radical (unpaired) electrons. The van der Waals surface area contributed by atoms with Crippen molar-refractivity contribution in [2.75, 3.05) is 26.2 Å². The van der Waals surface area contributed by atoms with E-state index in [2.05, 4.69) is 17.4 Å². The molecule has 1 aromatic rings. The number of amides is 1. The first-order valence-corrected chi connectivity index (χ1v) is 11.1. The molecule has 0 bridgehead atoms. The predicted molar refractivity (Wildman–Crippen MR) is 99.7 cm³/mol. The normalized spacial score (nSPS) is 25.3. The summed E-state index contributed by atoms with van der Waals surface area (Å²) in [6.07, 6.45) is 5.06. The molecule has 1 N–H and O–H groups in total. The van der Waals surface area contributed by atoms with Crippen LogP contribution in [-0.2, 0) is 21.4 Å². The molecule has 0 aromatic heterocycles. The number of benzene rings is 1. The monoisotopic (exact) mass is 377 g/mol. The number of carbonyl (C=O) groups is 1. The second-order valence-corrected chi connectivity index (χ2v) is 9.51. The van der Waals surface area contributed by atoms with Gasteiger partial charge in [0, 0.05) is 32.1 Å². The van der Waals surface area contributed by atoms with Crippen molar-refractivity contribution < 1.29 is 13.2 Å². The zero-order valence-corrected chi connectivity index (χ0v) is 15.9. The van der Waals surface area contributed by atoms with Crippen molar-refractivity contribution in [1.29, 1.82) is 0 Å². The maximum absolute atomic E-state index is 12.7. The van der Waals surface area contributed by atoms with Gasteiger partial charge in [-0.1, -0.05) is 24.3 Å². The quantitative estimate of drug-likeness (QED) is 0.870. The lowest BCUT2D eigenvalue weighted by molar-refractivity contribution is -0.126. The van der Waals surface area contributed by atoms with E-state index in [1.54, 1.807) is 8.61 Å². The molecular formula is C19H27N3O3S. The molecule has 6 nitrogen and oxygen atoms in total. The molecule has 2 heterocycles. The van der Waals surface area contributed by atoms with Crippen molar-refractivity contribution >= 4 is 16.1 Å². The summed E-state index contributed by atoms with van der Waals surface area (Å²) >= 11 is 0. The molecule has 7 heteroatoms. The zero-order valence-electron chi connectivity index (χ0n) is 15.1. The molecule has 26 heavy (non-hydrogen) atoms. The van der Waals surface area contributed by atoms with Crippen LogP contribution in [0, 0.1) is 5.92 Å². The molecule has 142 valence electrons. The molecule has 1 amide bonds. The number of nitrogens with one attached hydrogen (secondary N) is 1. The Bertz CT molecular complexity index is 766. The van der Waals surface area contributed by atoms with Crippen molar-refractivity contribution in [3.63, 3.8) is 0 Å². The lowest BCUT2D eigenvalue weighted by Crippen LogP contribution is -2.48. The number of carbonyl (C=O) groups excluding carboxylic acids is 1. The fourth-order valence-electron chi connectivity index (χ4n) is 4.43. The number of aryl methyl sites for hydroxylation is 1. The van der Waals surface area contributed by atoms with Crippen LogP contribution in [0.3, 0.4) is 0 Å². The Morgan fingerprint density at radius 3 is 2.35 bits per heavy atom. The van der Waals surface area contributed by atoms with Gasteiger partial charge in [0.2, 0.25) is 5.91 Å². The molecule has 0 saturated carbocycles. The van der Waals surface area contributed by atoms with E-state index in [9.17, 15) is 13.2 Å². The van der Waals surface area contributed by atoms with E-state index in [0.717, 1.165) is 25.7 Å². The minimum absolute atomic E-state index is 0.0740. The third-order valence-electron chi connectivity index (χ3n) is 5.99. The van der Waals surface area contributed by atoms with Gasteiger partial charge < -0.3 is 5.32 Å². The van der Waals surface area contributed by atoms with Crippen LogP contribution in [0.25, 0.3) is 0 Å². The summed E-state index contributed by atoms with van der Waals surface area (Å²) in [7, 11) is -3.34. The molecule has 1 aromatic carbocycles. The predicted octanol–water partition coefficient (Wildman–Crippen LogP) is 1.84. The SMILES string of the molecule is O=C(N[C@@H]1CCc2ccccc21)C1CCN(S(=O)(=O)N2CCCC2)CC1. The van der Waals surface area contributed by atoms with E-state index in [-0.39, 0.29) is 17.9 Å². The number of rotatable bonds is 4. The van der Waals surface area contributed by atoms with E-state index in [0.29, 0.717) is 39.0 Å². The van der Waals surface area contributed by atoms with Gasteiger partial charge in [-0.3, -0.25) is 4.79 Å². The third kappa shape index (κ3) is 3.40. The fourth-order valence-corrected chi connectivity index (χ4v) is 6.15. The van der Waals surface area contributed by atoms with Crippen LogP contribution in [0.15, 0.2) is 24.3 Å². The summed E-state index contributed by atoms with van der Waals surface area (Å²) in [6.45, 7) is 2.14. The molecule has 2 fully saturated rings. The highest BCUT2D eigenvalue weighted by Gasteiger charge is 2.36. The summed E-state index contributed by atoms with van der Waals surface area (Å²) in [4.78, 5) is 12.7. The van der Waals surface area contributed by atoms with Crippen molar-refractivity contribution in [3.8, 4) is 0 Å². The Morgan fingerprint density at radius 2 is 1.62 bits per heavy atom. The van der Waals surface area contributed by atoms with Crippen molar-refractivity contribution in [3.05, 3.63) is 35.4 Å². The molecule has 0 unspecified atom stereocenters. The van der Waals surface area contributed by atoms with Crippen molar-refractivity contribution in [2.24, 2.45) is 5.92 Å². The first kappa shape index (κ1) is 17.9. The minimum Gasteiger partial charge on any atom is -0.349 e. The molecule has 1 aliphatic carbocycles. The molecule has 1 atom stereocenters. The Kier molecular flexibility index (Phi) is 5.03. The largest absolute Gasteiger partial charge is 0.349 e. The topological polar surface area (TPSA) is 69.7 Å². The average Bonchev–Trinajstić information content (AvgIpc) is 3.33. The number of hydrogen-bond donors (Lipinski definition) is 1. The number of fused-ring (bicyclic) bond motifs is 1. The second kappa shape index (κ2) is 7.29. The van der Waals surface area contributed by atoms with E-state index >= 15 is 0 Å². The first-order valence-electron chi connectivity index (χ1n) is 9.69. The maximum Gasteiger partial charge on any atom is 0.281 e. The lowest BCUT2D eigenvalue weighted by atomic mass is 9.96. The standard InChI is InChI=1S/C19H27N3O3S/c23-19(20-18-8-7-15-5-1-2-6-17(15)18)16-9-13-22(14-10-16)26(24,25)21-11-3-4-12-21/h1-2,5-6,16,18H,3-4,7-14H2,(H,20,23)/t18-/m1/s1. The maximum atomic E-state index is 12.7. The van der Waals surface area contributed by atoms with E-state index in [4.69, 9.17) is 0 Å². The first-order chi connectivity index (χ1) is 12.6. The van der Waals surface area contributed by atoms with Gasteiger partial charge in [0.1, 0.15) is 0 Å². The van der Waals surface area contributed by atoms with Gasteiger partial charge in [0.25, 0.3) is 10.2 Å². The van der Waals surface area contributed by atoms with Crippen LogP contribution in [0.5, 0.6) is 0 Å². The van der Waals surface area contributed by atoms with E-state index in [1.165, 1.54) is 11.1 Å². The molecule has 3 aliphatic rings.